The van der Waals surface area contributed by atoms with E-state index in [4.69, 9.17) is 0 Å². The summed E-state index contributed by atoms with van der Waals surface area (Å²) in [5.74, 6) is 1.50. The number of ketones is 2. The van der Waals surface area contributed by atoms with E-state index in [-0.39, 0.29) is 22.4 Å². The van der Waals surface area contributed by atoms with Crippen molar-refractivity contribution < 1.29 is 9.59 Å². The summed E-state index contributed by atoms with van der Waals surface area (Å²) in [6, 6.07) is 0. The maximum absolute atomic E-state index is 12.1. The van der Waals surface area contributed by atoms with Gasteiger partial charge in [-0.15, -0.1) is 0 Å². The first-order valence-corrected chi connectivity index (χ1v) is 7.91. The summed E-state index contributed by atoms with van der Waals surface area (Å²) >= 11 is 0. The topological polar surface area (TPSA) is 34.1 Å². The molecule has 0 spiro atoms. The van der Waals surface area contributed by atoms with Gasteiger partial charge in [-0.2, -0.15) is 0 Å². The third-order valence-electron chi connectivity index (χ3n) is 6.49. The number of hydrogen-bond acceptors (Lipinski definition) is 2. The van der Waals surface area contributed by atoms with Gasteiger partial charge in [0.05, 0.1) is 0 Å². The van der Waals surface area contributed by atoms with Crippen molar-refractivity contribution in [2.75, 3.05) is 0 Å². The van der Waals surface area contributed by atoms with Crippen LogP contribution in [0.4, 0.5) is 0 Å². The first kappa shape index (κ1) is 15.5. The quantitative estimate of drug-likeness (QED) is 0.768. The van der Waals surface area contributed by atoms with Crippen LogP contribution in [0.25, 0.3) is 0 Å². The lowest BCUT2D eigenvalue weighted by Crippen LogP contribution is -2.51. The highest BCUT2D eigenvalue weighted by Gasteiger charge is 2.54. The summed E-state index contributed by atoms with van der Waals surface area (Å²) in [5, 5.41) is 0. The number of carbonyl (C=O) groups is 2. The molecule has 20 heavy (non-hydrogen) atoms. The van der Waals surface area contributed by atoms with Gasteiger partial charge in [0.15, 0.2) is 5.78 Å². The molecule has 0 aromatic carbocycles. The molecule has 0 aromatic heterocycles. The van der Waals surface area contributed by atoms with Crippen molar-refractivity contribution in [1.29, 1.82) is 0 Å². The van der Waals surface area contributed by atoms with E-state index in [0.717, 1.165) is 6.42 Å². The van der Waals surface area contributed by atoms with Gasteiger partial charge < -0.3 is 4.79 Å². The van der Waals surface area contributed by atoms with E-state index in [1.165, 1.54) is 18.4 Å². The number of rotatable bonds is 3. The highest BCUT2D eigenvalue weighted by atomic mass is 16.1. The molecule has 2 nitrogen and oxygen atoms in total. The molecule has 2 aliphatic carbocycles. The highest BCUT2D eigenvalue weighted by Crippen LogP contribution is 2.61. The van der Waals surface area contributed by atoms with Crippen LogP contribution in [0.3, 0.4) is 0 Å². The lowest BCUT2D eigenvalue weighted by Gasteiger charge is -2.57. The maximum Gasteiger partial charge on any atom is 0.155 e. The van der Waals surface area contributed by atoms with E-state index < -0.39 is 0 Å². The Kier molecular flexibility index (Phi) is 3.96. The Morgan fingerprint density at radius 3 is 2.65 bits per heavy atom. The van der Waals surface area contributed by atoms with Crippen LogP contribution in [0.15, 0.2) is 11.6 Å². The van der Waals surface area contributed by atoms with Gasteiger partial charge in [-0.1, -0.05) is 26.3 Å². The lowest BCUT2D eigenvalue weighted by atomic mass is 9.47. The zero-order valence-corrected chi connectivity index (χ0v) is 13.6. The highest BCUT2D eigenvalue weighted by molar-refractivity contribution is 5.92. The van der Waals surface area contributed by atoms with Crippen LogP contribution in [0.5, 0.6) is 0 Å². The molecule has 0 aromatic rings. The Bertz CT molecular complexity index is 462. The van der Waals surface area contributed by atoms with E-state index in [2.05, 4.69) is 27.7 Å². The number of hydrogen-bond donors (Lipinski definition) is 0. The number of fused-ring (bicyclic) bond motifs is 1. The van der Waals surface area contributed by atoms with Gasteiger partial charge >= 0.3 is 0 Å². The van der Waals surface area contributed by atoms with E-state index in [9.17, 15) is 9.59 Å². The summed E-state index contributed by atoms with van der Waals surface area (Å²) < 4.78 is 0. The first-order chi connectivity index (χ1) is 9.20. The number of Topliss-reactive ketones (excluding diaryl/α,β-unsaturated/α-hetero) is 1. The third-order valence-corrected chi connectivity index (χ3v) is 6.49. The Morgan fingerprint density at radius 2 is 2.05 bits per heavy atom. The predicted octanol–water partition coefficient (Wildman–Crippen LogP) is 4.33. The standard InChI is InChI=1S/C18H28O2/c1-12-6-8-18(5)13(2)10-15(20)11-16(18)17(12,4)9-7-14(3)19/h10,12,16H,6-9,11H2,1-5H3/t12-,16-,17+,18+/m1/s1. The first-order valence-electron chi connectivity index (χ1n) is 7.91. The maximum atomic E-state index is 12.1. The van der Waals surface area contributed by atoms with Gasteiger partial charge in [-0.05, 0) is 61.9 Å². The largest absolute Gasteiger partial charge is 0.300 e. The summed E-state index contributed by atoms with van der Waals surface area (Å²) in [6.07, 6.45) is 6.45. The smallest absolute Gasteiger partial charge is 0.155 e. The SMILES string of the molecule is CC(=O)CC[C@@]1(C)[C@H](C)CC[C@@]2(C)C(C)=CC(=O)C[C@H]12. The molecular formula is C18H28O2. The average molecular weight is 276 g/mol. The van der Waals surface area contributed by atoms with Crippen molar-refractivity contribution in [2.45, 2.75) is 66.7 Å². The van der Waals surface area contributed by atoms with Crippen LogP contribution < -0.4 is 0 Å². The molecule has 0 aliphatic heterocycles. The fourth-order valence-corrected chi connectivity index (χ4v) is 4.55. The Labute approximate surface area is 123 Å². The molecule has 4 atom stereocenters. The Balaban J connectivity index is 2.37. The lowest BCUT2D eigenvalue weighted by molar-refractivity contribution is -0.125. The zero-order valence-electron chi connectivity index (χ0n) is 13.6. The number of carbonyl (C=O) groups excluding carboxylic acids is 2. The summed E-state index contributed by atoms with van der Waals surface area (Å²) in [4.78, 5) is 23.5. The molecule has 0 amide bonds. The monoisotopic (exact) mass is 276 g/mol. The minimum absolute atomic E-state index is 0.101. The molecule has 112 valence electrons. The molecule has 1 fully saturated rings. The zero-order chi connectivity index (χ0) is 15.1. The predicted molar refractivity (Wildman–Crippen MR) is 81.4 cm³/mol. The van der Waals surface area contributed by atoms with Crippen molar-refractivity contribution in [3.8, 4) is 0 Å². The minimum atomic E-state index is 0.101. The van der Waals surface area contributed by atoms with Gasteiger partial charge in [0, 0.05) is 12.8 Å². The van der Waals surface area contributed by atoms with Gasteiger partial charge in [-0.25, -0.2) is 0 Å². The van der Waals surface area contributed by atoms with Crippen molar-refractivity contribution in [3.63, 3.8) is 0 Å². The molecule has 2 heteroatoms. The summed E-state index contributed by atoms with van der Waals surface area (Å²) in [6.45, 7) is 10.7. The van der Waals surface area contributed by atoms with Crippen molar-refractivity contribution in [2.24, 2.45) is 22.7 Å². The third kappa shape index (κ3) is 2.38. The molecule has 0 heterocycles. The van der Waals surface area contributed by atoms with Gasteiger partial charge in [0.2, 0.25) is 0 Å². The molecule has 0 unspecified atom stereocenters. The molecule has 2 aliphatic rings. The van der Waals surface area contributed by atoms with Gasteiger partial charge in [-0.3, -0.25) is 4.79 Å². The van der Waals surface area contributed by atoms with Gasteiger partial charge in [0.1, 0.15) is 5.78 Å². The van der Waals surface area contributed by atoms with E-state index >= 15 is 0 Å². The van der Waals surface area contributed by atoms with Crippen LogP contribution >= 0.6 is 0 Å². The second-order valence-corrected chi connectivity index (χ2v) is 7.62. The average Bonchev–Trinajstić information content (AvgIpc) is 2.36. The fourth-order valence-electron chi connectivity index (χ4n) is 4.55. The normalized spacial score (nSPS) is 41.0. The van der Waals surface area contributed by atoms with Crippen LogP contribution in [-0.2, 0) is 9.59 Å². The van der Waals surface area contributed by atoms with Gasteiger partial charge in [0.25, 0.3) is 0 Å². The van der Waals surface area contributed by atoms with E-state index in [1.807, 2.05) is 6.08 Å². The van der Waals surface area contributed by atoms with Crippen molar-refractivity contribution in [3.05, 3.63) is 11.6 Å². The molecule has 2 rings (SSSR count). The van der Waals surface area contributed by atoms with Crippen LogP contribution in [0.1, 0.15) is 66.7 Å². The molecule has 0 bridgehead atoms. The van der Waals surface area contributed by atoms with E-state index in [1.54, 1.807) is 6.92 Å². The van der Waals surface area contributed by atoms with Crippen LogP contribution in [0, 0.1) is 22.7 Å². The van der Waals surface area contributed by atoms with Crippen LogP contribution in [0.2, 0.25) is 0 Å². The molecule has 0 radical (unpaired) electrons. The summed E-state index contributed by atoms with van der Waals surface area (Å²) in [5.41, 5.74) is 1.50. The molecular weight excluding hydrogens is 248 g/mol. The molecule has 0 saturated heterocycles. The molecule has 0 N–H and O–H groups in total. The second kappa shape index (κ2) is 5.13. The number of allylic oxidation sites excluding steroid dienone is 2. The Morgan fingerprint density at radius 1 is 1.40 bits per heavy atom. The summed E-state index contributed by atoms with van der Waals surface area (Å²) in [7, 11) is 0. The van der Waals surface area contributed by atoms with Crippen LogP contribution in [-0.4, -0.2) is 11.6 Å². The van der Waals surface area contributed by atoms with Crippen molar-refractivity contribution in [1.82, 2.24) is 0 Å². The van der Waals surface area contributed by atoms with E-state index in [0.29, 0.717) is 24.7 Å². The fraction of sp³-hybridized carbons (Fsp3) is 0.778. The molecule has 1 saturated carbocycles. The van der Waals surface area contributed by atoms with Crippen molar-refractivity contribution >= 4 is 11.6 Å². The Hall–Kier alpha value is -0.920. The second-order valence-electron chi connectivity index (χ2n) is 7.62. The minimum Gasteiger partial charge on any atom is -0.300 e.